The van der Waals surface area contributed by atoms with Crippen molar-refractivity contribution in [3.8, 4) is 0 Å². The molecule has 1 fully saturated rings. The fourth-order valence-corrected chi connectivity index (χ4v) is 1.25. The molecule has 1 nitrogen and oxygen atoms in total. The molecule has 0 aliphatic carbocycles. The summed E-state index contributed by atoms with van der Waals surface area (Å²) in [6.45, 7) is 9.48. The normalized spacial score (nSPS) is 22.4. The van der Waals surface area contributed by atoms with Crippen LogP contribution in [0.25, 0.3) is 0 Å². The van der Waals surface area contributed by atoms with E-state index in [-0.39, 0.29) is 0 Å². The van der Waals surface area contributed by atoms with E-state index >= 15 is 0 Å². The smallest absolute Gasteiger partial charge is 0.104 e. The summed E-state index contributed by atoms with van der Waals surface area (Å²) >= 11 is 0. The highest BCUT2D eigenvalue weighted by atomic mass is 16.5. The Labute approximate surface area is 56.7 Å². The lowest BCUT2D eigenvalue weighted by Gasteiger charge is -2.39. The minimum Gasteiger partial charge on any atom is -0.496 e. The topological polar surface area (TPSA) is 9.23 Å². The molecular formula is C8H14O. The Morgan fingerprint density at radius 2 is 2.00 bits per heavy atom. The standard InChI is InChI=1S/C8H14O/c1-6(2)7-8(3,4)5-9-7/h5H2,1-4H3. The minimum absolute atomic E-state index is 0.318. The van der Waals surface area contributed by atoms with Crippen molar-refractivity contribution in [2.45, 2.75) is 27.7 Å². The van der Waals surface area contributed by atoms with Crippen LogP contribution in [0.1, 0.15) is 27.7 Å². The van der Waals surface area contributed by atoms with Crippen LogP contribution < -0.4 is 0 Å². The van der Waals surface area contributed by atoms with Crippen LogP contribution in [0.2, 0.25) is 0 Å². The van der Waals surface area contributed by atoms with E-state index in [0.717, 1.165) is 6.61 Å². The highest BCUT2D eigenvalue weighted by Crippen LogP contribution is 2.39. The zero-order valence-electron chi connectivity index (χ0n) is 6.62. The van der Waals surface area contributed by atoms with Crippen molar-refractivity contribution in [3.05, 3.63) is 11.3 Å². The van der Waals surface area contributed by atoms with Crippen molar-refractivity contribution in [3.63, 3.8) is 0 Å². The summed E-state index contributed by atoms with van der Waals surface area (Å²) in [5.41, 5.74) is 1.63. The molecule has 0 N–H and O–H groups in total. The second-order valence-corrected chi connectivity index (χ2v) is 3.50. The average Bonchev–Trinajstić information content (AvgIpc) is 1.62. The van der Waals surface area contributed by atoms with E-state index in [1.807, 2.05) is 0 Å². The third-order valence-corrected chi connectivity index (χ3v) is 1.65. The van der Waals surface area contributed by atoms with Crippen molar-refractivity contribution >= 4 is 0 Å². The fourth-order valence-electron chi connectivity index (χ4n) is 1.25. The van der Waals surface area contributed by atoms with Crippen molar-refractivity contribution in [2.75, 3.05) is 6.61 Å². The van der Waals surface area contributed by atoms with Crippen molar-refractivity contribution in [1.29, 1.82) is 0 Å². The molecule has 9 heavy (non-hydrogen) atoms. The van der Waals surface area contributed by atoms with Gasteiger partial charge in [0.25, 0.3) is 0 Å². The average molecular weight is 126 g/mol. The van der Waals surface area contributed by atoms with Crippen LogP contribution in [0.4, 0.5) is 0 Å². The predicted molar refractivity (Wildman–Crippen MR) is 38.1 cm³/mol. The van der Waals surface area contributed by atoms with Gasteiger partial charge in [0.15, 0.2) is 0 Å². The Balaban J connectivity index is 2.77. The maximum absolute atomic E-state index is 5.29. The summed E-state index contributed by atoms with van der Waals surface area (Å²) in [4.78, 5) is 0. The molecule has 0 aromatic carbocycles. The summed E-state index contributed by atoms with van der Waals surface area (Å²) in [7, 11) is 0. The minimum atomic E-state index is 0.318. The predicted octanol–water partition coefficient (Wildman–Crippen LogP) is 2.34. The molecule has 0 bridgehead atoms. The van der Waals surface area contributed by atoms with Crippen molar-refractivity contribution in [2.24, 2.45) is 5.41 Å². The third-order valence-electron chi connectivity index (χ3n) is 1.65. The second-order valence-electron chi connectivity index (χ2n) is 3.50. The van der Waals surface area contributed by atoms with Gasteiger partial charge in [-0.1, -0.05) is 0 Å². The fraction of sp³-hybridized carbons (Fsp3) is 0.750. The molecule has 1 heteroatoms. The number of hydrogen-bond acceptors (Lipinski definition) is 1. The third kappa shape index (κ3) is 0.958. The molecule has 0 saturated carbocycles. The number of allylic oxidation sites excluding steroid dienone is 1. The Kier molecular flexibility index (Phi) is 1.30. The molecule has 0 unspecified atom stereocenters. The summed E-state index contributed by atoms with van der Waals surface area (Å²) in [6.07, 6.45) is 0. The molecule has 1 heterocycles. The van der Waals surface area contributed by atoms with Gasteiger partial charge < -0.3 is 4.74 Å². The highest BCUT2D eigenvalue weighted by Gasteiger charge is 2.35. The van der Waals surface area contributed by atoms with Crippen LogP contribution in [0, 0.1) is 5.41 Å². The summed E-state index contributed by atoms with van der Waals surface area (Å²) in [5.74, 6) is 1.18. The maximum atomic E-state index is 5.29. The van der Waals surface area contributed by atoms with Crippen LogP contribution in [0.3, 0.4) is 0 Å². The van der Waals surface area contributed by atoms with E-state index in [1.165, 1.54) is 11.3 Å². The Hall–Kier alpha value is -0.460. The SMILES string of the molecule is CC(C)=C1OCC1(C)C. The lowest BCUT2D eigenvalue weighted by molar-refractivity contribution is -0.0135. The van der Waals surface area contributed by atoms with E-state index in [9.17, 15) is 0 Å². The van der Waals surface area contributed by atoms with Crippen molar-refractivity contribution in [1.82, 2.24) is 0 Å². The molecular weight excluding hydrogens is 112 g/mol. The van der Waals surface area contributed by atoms with E-state index in [2.05, 4.69) is 27.7 Å². The molecule has 0 radical (unpaired) electrons. The molecule has 0 atom stereocenters. The molecule has 52 valence electrons. The summed E-state index contributed by atoms with van der Waals surface area (Å²) in [5, 5.41) is 0. The lowest BCUT2D eigenvalue weighted by atomic mass is 9.85. The monoisotopic (exact) mass is 126 g/mol. The highest BCUT2D eigenvalue weighted by molar-refractivity contribution is 5.17. The van der Waals surface area contributed by atoms with E-state index < -0.39 is 0 Å². The van der Waals surface area contributed by atoms with Crippen LogP contribution >= 0.6 is 0 Å². The van der Waals surface area contributed by atoms with Gasteiger partial charge in [-0.15, -0.1) is 0 Å². The van der Waals surface area contributed by atoms with Gasteiger partial charge in [0.2, 0.25) is 0 Å². The molecule has 0 aromatic rings. The van der Waals surface area contributed by atoms with Crippen LogP contribution in [-0.2, 0) is 4.74 Å². The molecule has 1 aliphatic heterocycles. The molecule has 0 spiro atoms. The Morgan fingerprint density at radius 3 is 2.00 bits per heavy atom. The van der Waals surface area contributed by atoms with E-state index in [1.54, 1.807) is 0 Å². The molecule has 1 rings (SSSR count). The van der Waals surface area contributed by atoms with Gasteiger partial charge in [-0.05, 0) is 33.3 Å². The zero-order valence-corrected chi connectivity index (χ0v) is 6.62. The van der Waals surface area contributed by atoms with E-state index in [4.69, 9.17) is 4.74 Å². The summed E-state index contributed by atoms with van der Waals surface area (Å²) in [6, 6.07) is 0. The van der Waals surface area contributed by atoms with Gasteiger partial charge in [0.1, 0.15) is 5.76 Å². The van der Waals surface area contributed by atoms with Crippen LogP contribution in [0.5, 0.6) is 0 Å². The molecule has 1 aliphatic rings. The van der Waals surface area contributed by atoms with Gasteiger partial charge in [-0.3, -0.25) is 0 Å². The quantitative estimate of drug-likeness (QED) is 0.484. The first-order valence-corrected chi connectivity index (χ1v) is 3.35. The van der Waals surface area contributed by atoms with Gasteiger partial charge in [0, 0.05) is 0 Å². The molecule has 0 aromatic heterocycles. The van der Waals surface area contributed by atoms with Gasteiger partial charge in [-0.2, -0.15) is 0 Å². The maximum Gasteiger partial charge on any atom is 0.104 e. The first kappa shape index (κ1) is 6.66. The lowest BCUT2D eigenvalue weighted by Crippen LogP contribution is -2.34. The second kappa shape index (κ2) is 1.76. The van der Waals surface area contributed by atoms with Gasteiger partial charge >= 0.3 is 0 Å². The Bertz CT molecular complexity index is 150. The molecule has 1 saturated heterocycles. The largest absolute Gasteiger partial charge is 0.496 e. The number of ether oxygens (including phenoxy) is 1. The number of rotatable bonds is 0. The van der Waals surface area contributed by atoms with Gasteiger partial charge in [-0.25, -0.2) is 0 Å². The van der Waals surface area contributed by atoms with Crippen molar-refractivity contribution < 1.29 is 4.74 Å². The first-order chi connectivity index (χ1) is 4.04. The first-order valence-electron chi connectivity index (χ1n) is 3.35. The van der Waals surface area contributed by atoms with Gasteiger partial charge in [0.05, 0.1) is 12.0 Å². The number of hydrogen-bond donors (Lipinski definition) is 0. The molecule has 0 amide bonds. The van der Waals surface area contributed by atoms with Crippen LogP contribution in [-0.4, -0.2) is 6.61 Å². The van der Waals surface area contributed by atoms with Crippen LogP contribution in [0.15, 0.2) is 11.3 Å². The Morgan fingerprint density at radius 1 is 1.44 bits per heavy atom. The summed E-state index contributed by atoms with van der Waals surface area (Å²) < 4.78 is 5.29. The zero-order chi connectivity index (χ0) is 7.07. The van der Waals surface area contributed by atoms with E-state index in [0.29, 0.717) is 5.41 Å².